The molecule has 5 saturated heterocycles. The Morgan fingerprint density at radius 1 is 0.420 bits per heavy atom. The van der Waals surface area contributed by atoms with Crippen molar-refractivity contribution in [3.05, 3.63) is 0 Å². The molecule has 0 radical (unpaired) electrons. The number of unbranched alkanes of at least 4 members (excludes halogenated alkanes) is 1. The van der Waals surface area contributed by atoms with Crippen molar-refractivity contribution in [2.24, 2.45) is 17.4 Å². The van der Waals surface area contributed by atoms with Crippen molar-refractivity contribution in [1.82, 2.24) is 61.7 Å². The van der Waals surface area contributed by atoms with Crippen LogP contribution < -0.4 is 48.7 Å². The van der Waals surface area contributed by atoms with E-state index in [2.05, 4.69) is 37.2 Å². The number of carboxylic acids is 1. The summed E-state index contributed by atoms with van der Waals surface area (Å²) in [5.41, 5.74) is 11.2. The molecule has 0 spiro atoms. The molecule has 17 N–H and O–H groups in total. The maximum absolute atomic E-state index is 14.5. The van der Waals surface area contributed by atoms with E-state index in [1.54, 1.807) is 13.8 Å². The Labute approximate surface area is 509 Å². The van der Waals surface area contributed by atoms with E-state index in [9.17, 15) is 93.0 Å². The van der Waals surface area contributed by atoms with Gasteiger partial charge in [0.05, 0.1) is 33.0 Å². The van der Waals surface area contributed by atoms with Gasteiger partial charge in [0.15, 0.2) is 0 Å². The summed E-state index contributed by atoms with van der Waals surface area (Å²) in [6.45, 7) is 1.36. The topological polar surface area (TPSA) is 496 Å². The van der Waals surface area contributed by atoms with Gasteiger partial charge < -0.3 is 104 Å². The number of likely N-dealkylation sites (tertiary alicyclic amines) is 5. The average molecular weight is 1250 g/mol. The molecule has 0 saturated carbocycles. The summed E-state index contributed by atoms with van der Waals surface area (Å²) in [4.78, 5) is 183. The van der Waals surface area contributed by atoms with Crippen LogP contribution in [0.15, 0.2) is 0 Å². The zero-order valence-corrected chi connectivity index (χ0v) is 50.1. The molecule has 0 aromatic heterocycles. The summed E-state index contributed by atoms with van der Waals surface area (Å²) in [5, 5.41) is 75.5. The van der Waals surface area contributed by atoms with E-state index in [4.69, 9.17) is 11.5 Å². The van der Waals surface area contributed by atoms with Gasteiger partial charge in [0, 0.05) is 32.7 Å². The van der Waals surface area contributed by atoms with Gasteiger partial charge in [-0.3, -0.25) is 57.5 Å². The third-order valence-corrected chi connectivity index (χ3v) is 16.5. The quantitative estimate of drug-likeness (QED) is 0.0287. The highest BCUT2D eigenvalue weighted by molar-refractivity contribution is 6.00. The third-order valence-electron chi connectivity index (χ3n) is 16.5. The molecule has 5 aliphatic heterocycles. The number of nitrogens with zero attached hydrogens (tertiary/aromatic N) is 5. The van der Waals surface area contributed by atoms with Crippen LogP contribution in [0.1, 0.15) is 111 Å². The molecule has 5 heterocycles. The molecule has 33 nitrogen and oxygen atoms in total. The van der Waals surface area contributed by atoms with Crippen LogP contribution in [-0.4, -0.2) is 283 Å². The normalized spacial score (nSPS) is 22.8. The highest BCUT2D eigenvalue weighted by Gasteiger charge is 2.48. The lowest BCUT2D eigenvalue weighted by Gasteiger charge is -2.35. The van der Waals surface area contributed by atoms with E-state index in [0.717, 1.165) is 4.90 Å². The molecule has 33 heteroatoms. The van der Waals surface area contributed by atoms with Crippen LogP contribution in [0.2, 0.25) is 0 Å². The number of amides is 12. The number of rotatable bonds is 31. The molecule has 5 fully saturated rings. The Morgan fingerprint density at radius 3 is 1.24 bits per heavy atom. The minimum absolute atomic E-state index is 0.0385. The van der Waals surface area contributed by atoms with E-state index in [-0.39, 0.29) is 90.1 Å². The summed E-state index contributed by atoms with van der Waals surface area (Å²) >= 11 is 0. The molecular weight excluding hydrogens is 1160 g/mol. The first kappa shape index (κ1) is 71.6. The van der Waals surface area contributed by atoms with Crippen molar-refractivity contribution in [2.75, 3.05) is 72.3 Å². The molecule has 88 heavy (non-hydrogen) atoms. The van der Waals surface area contributed by atoms with E-state index >= 15 is 0 Å². The van der Waals surface area contributed by atoms with Crippen molar-refractivity contribution in [2.45, 2.75) is 189 Å². The summed E-state index contributed by atoms with van der Waals surface area (Å²) in [6, 6.07) is -17.1. The minimum atomic E-state index is -1.63. The number of aliphatic carboxylic acids is 1. The fourth-order valence-electron chi connectivity index (χ4n) is 11.8. The summed E-state index contributed by atoms with van der Waals surface area (Å²) in [5.74, 6) is -11.0. The van der Waals surface area contributed by atoms with Gasteiger partial charge in [0.2, 0.25) is 70.9 Å². The first-order valence-electron chi connectivity index (χ1n) is 30.3. The maximum atomic E-state index is 14.5. The molecule has 0 bridgehead atoms. The second-order valence-corrected chi connectivity index (χ2v) is 23.3. The van der Waals surface area contributed by atoms with Crippen molar-refractivity contribution in [1.29, 1.82) is 0 Å². The van der Waals surface area contributed by atoms with Crippen LogP contribution >= 0.6 is 0 Å². The monoisotopic (exact) mass is 1250 g/mol. The fraction of sp³-hybridized carbons (Fsp3) is 0.764. The molecule has 0 aromatic carbocycles. The van der Waals surface area contributed by atoms with Crippen LogP contribution in [0.5, 0.6) is 0 Å². The van der Waals surface area contributed by atoms with Gasteiger partial charge in [0.1, 0.15) is 78.5 Å². The summed E-state index contributed by atoms with van der Waals surface area (Å²) in [6.07, 6.45) is 3.67. The molecule has 5 rings (SSSR count). The number of hydrogen-bond acceptors (Lipinski definition) is 20. The van der Waals surface area contributed by atoms with Gasteiger partial charge in [-0.1, -0.05) is 13.8 Å². The Balaban J connectivity index is 1.19. The second kappa shape index (κ2) is 34.0. The molecule has 13 atom stereocenters. The molecular formula is C55H90N14O19. The third kappa shape index (κ3) is 18.2. The van der Waals surface area contributed by atoms with Crippen LogP contribution in [0.25, 0.3) is 0 Å². The Kier molecular flexibility index (Phi) is 27.6. The molecule has 0 aliphatic carbocycles. The lowest BCUT2D eigenvalue weighted by molar-refractivity contribution is -0.151. The number of carbonyl (C=O) groups is 13. The lowest BCUT2D eigenvalue weighted by atomic mass is 10.0. The average Bonchev–Trinajstić information content (AvgIpc) is 3.46. The Hall–Kier alpha value is -7.17. The number of nitrogens with two attached hydrogens (primary N) is 2. The number of hydrogen-bond donors (Lipinski definition) is 15. The van der Waals surface area contributed by atoms with E-state index in [1.807, 2.05) is 0 Å². The molecule has 494 valence electrons. The SMILES string of the molecule is CC(C)C[C@H](NC(=O)[C@H](CO)NC(=O)[C@@H]1CCCN1C(=O)[C@@H]1CCCN1C(=O)[C@@H]1CCCN1C(=O)[C@H](C)NC(=O)[C@H](CCCCN)NC(=O)[C@H](CO)NC(=O)[C@@H](N)CO)C(=O)N1CCC[C@H]1C(=O)N[C@@H](CO)C(=O)N1CCC[C@H]1C(=O)N[C@@H](CO)C(=O)O. The van der Waals surface area contributed by atoms with Crippen molar-refractivity contribution >= 4 is 76.9 Å². The molecule has 0 unspecified atom stereocenters. The molecule has 0 aromatic rings. The smallest absolute Gasteiger partial charge is 0.328 e. The summed E-state index contributed by atoms with van der Waals surface area (Å²) in [7, 11) is 0. The van der Waals surface area contributed by atoms with E-state index < -0.39 is 188 Å². The maximum Gasteiger partial charge on any atom is 0.328 e. The van der Waals surface area contributed by atoms with Gasteiger partial charge in [-0.05, 0) is 109 Å². The predicted octanol–water partition coefficient (Wildman–Crippen LogP) is -8.10. The number of carboxylic acid groups (broad SMARTS) is 1. The molecule has 12 amide bonds. The number of aliphatic hydroxyl groups excluding tert-OH is 5. The predicted molar refractivity (Wildman–Crippen MR) is 306 cm³/mol. The van der Waals surface area contributed by atoms with Gasteiger partial charge in [-0.15, -0.1) is 0 Å². The number of nitrogens with one attached hydrogen (secondary N) is 7. The first-order valence-corrected chi connectivity index (χ1v) is 30.3. The minimum Gasteiger partial charge on any atom is -0.480 e. The van der Waals surface area contributed by atoms with E-state index in [0.29, 0.717) is 44.9 Å². The van der Waals surface area contributed by atoms with Gasteiger partial charge >= 0.3 is 5.97 Å². The van der Waals surface area contributed by atoms with Crippen molar-refractivity contribution < 1.29 is 93.0 Å². The standard InChI is InChI=1S/C55H90N14O19/c1-29(2)23-33(51(83)65-18-6-12-38(65)48(80)63-36(27-73)52(84)66-19-7-13-39(66)49(81)64-37(28-74)55(87)88)60-46(78)35(26-72)62-47(79)40-14-8-20-67(40)53(85)42-16-10-22-69(42)54(86)41-15-9-21-68(41)50(82)30(3)58-44(76)32(11-4-5-17-56)59-45(77)34(25-71)61-43(75)31(57)24-70/h29-42,70-74H,4-28,56-57H2,1-3H3,(H,58,76)(H,59,77)(H,60,78)(H,61,75)(H,62,79)(H,63,80)(H,64,81)(H,87,88)/t30-,31-,32-,33-,34-,35-,36-,37-,38-,39-,40-,41-,42-/m0/s1. The summed E-state index contributed by atoms with van der Waals surface area (Å²) < 4.78 is 0. The van der Waals surface area contributed by atoms with Gasteiger partial charge in [0.25, 0.3) is 0 Å². The number of carbonyl (C=O) groups excluding carboxylic acids is 12. The van der Waals surface area contributed by atoms with Crippen LogP contribution in [0.4, 0.5) is 0 Å². The fourth-order valence-corrected chi connectivity index (χ4v) is 11.8. The van der Waals surface area contributed by atoms with Crippen LogP contribution in [0, 0.1) is 5.92 Å². The molecule has 5 aliphatic rings. The Bertz CT molecular complexity index is 2530. The zero-order chi connectivity index (χ0) is 65.1. The zero-order valence-electron chi connectivity index (χ0n) is 50.1. The number of aliphatic hydroxyl groups is 5. The van der Waals surface area contributed by atoms with Gasteiger partial charge in [-0.2, -0.15) is 0 Å². The second-order valence-electron chi connectivity index (χ2n) is 23.3. The largest absolute Gasteiger partial charge is 0.480 e. The highest BCUT2D eigenvalue weighted by Crippen LogP contribution is 2.30. The Morgan fingerprint density at radius 2 is 0.784 bits per heavy atom. The van der Waals surface area contributed by atoms with Crippen molar-refractivity contribution in [3.8, 4) is 0 Å². The highest BCUT2D eigenvalue weighted by atomic mass is 16.4. The lowest BCUT2D eigenvalue weighted by Crippen LogP contribution is -2.61. The first-order chi connectivity index (χ1) is 41.9. The van der Waals surface area contributed by atoms with Crippen LogP contribution in [-0.2, 0) is 62.3 Å². The van der Waals surface area contributed by atoms with E-state index in [1.165, 1.54) is 26.5 Å². The van der Waals surface area contributed by atoms with Crippen molar-refractivity contribution in [3.63, 3.8) is 0 Å². The van der Waals surface area contributed by atoms with Gasteiger partial charge in [-0.25, -0.2) is 4.79 Å². The van der Waals surface area contributed by atoms with Crippen LogP contribution in [0.3, 0.4) is 0 Å².